The van der Waals surface area contributed by atoms with Crippen molar-refractivity contribution < 1.29 is 19.4 Å². The van der Waals surface area contributed by atoms with E-state index in [0.717, 1.165) is 60.9 Å². The molecule has 2 saturated heterocycles. The van der Waals surface area contributed by atoms with Crippen LogP contribution >= 0.6 is 0 Å². The molecule has 3 aliphatic rings. The number of aryl methyl sites for hydroxylation is 1. The van der Waals surface area contributed by atoms with Gasteiger partial charge in [0.05, 0.1) is 5.56 Å². The number of carboxylic acid groups (broad SMARTS) is 1. The third kappa shape index (κ3) is 3.52. The van der Waals surface area contributed by atoms with Gasteiger partial charge in [-0.25, -0.2) is 4.79 Å². The first-order chi connectivity index (χ1) is 16.4. The van der Waals surface area contributed by atoms with E-state index in [2.05, 4.69) is 34.9 Å². The highest BCUT2D eigenvalue weighted by Crippen LogP contribution is 2.65. The minimum absolute atomic E-state index is 0.194. The number of fused-ring (bicyclic) bond motifs is 1. The van der Waals surface area contributed by atoms with Crippen molar-refractivity contribution in [2.75, 3.05) is 19.7 Å². The number of carbonyl (C=O) groups is 2. The van der Waals surface area contributed by atoms with Crippen molar-refractivity contribution in [1.29, 1.82) is 0 Å². The smallest absolute Gasteiger partial charge is 0.335 e. The minimum atomic E-state index is -0.908. The minimum Gasteiger partial charge on any atom is -0.478 e. The first-order valence-corrected chi connectivity index (χ1v) is 12.3. The van der Waals surface area contributed by atoms with Gasteiger partial charge in [-0.05, 0) is 72.8 Å². The maximum atomic E-state index is 12.7. The van der Waals surface area contributed by atoms with Crippen molar-refractivity contribution in [3.05, 3.63) is 59.7 Å². The van der Waals surface area contributed by atoms with Crippen molar-refractivity contribution in [2.45, 2.75) is 44.1 Å². The van der Waals surface area contributed by atoms with Gasteiger partial charge in [-0.15, -0.1) is 0 Å². The first kappa shape index (κ1) is 21.4. The molecule has 6 heteroatoms. The summed E-state index contributed by atoms with van der Waals surface area (Å²) < 4.78 is 7.66. The Bertz CT molecular complexity index is 1260. The van der Waals surface area contributed by atoms with Crippen molar-refractivity contribution in [2.24, 2.45) is 12.5 Å². The number of benzene rings is 2. The van der Waals surface area contributed by atoms with Gasteiger partial charge in [0.25, 0.3) is 5.91 Å². The van der Waals surface area contributed by atoms with E-state index in [1.807, 2.05) is 18.0 Å². The molecule has 3 heterocycles. The van der Waals surface area contributed by atoms with Crippen molar-refractivity contribution >= 4 is 22.8 Å². The largest absolute Gasteiger partial charge is 0.478 e. The van der Waals surface area contributed by atoms with Gasteiger partial charge in [-0.1, -0.05) is 30.3 Å². The van der Waals surface area contributed by atoms with Crippen LogP contribution in [0.4, 0.5) is 0 Å². The normalized spacial score (nSPS) is 23.5. The topological polar surface area (TPSA) is 71.8 Å². The predicted octanol–water partition coefficient (Wildman–Crippen LogP) is 4.82. The molecule has 3 aromatic rings. The fraction of sp³-hybridized carbons (Fsp3) is 0.429. The van der Waals surface area contributed by atoms with E-state index in [1.54, 1.807) is 12.1 Å². The van der Waals surface area contributed by atoms with E-state index in [-0.39, 0.29) is 12.0 Å². The molecule has 1 N–H and O–H groups in total. The molecule has 2 aromatic carbocycles. The number of hydrogen-bond donors (Lipinski definition) is 1. The summed E-state index contributed by atoms with van der Waals surface area (Å²) >= 11 is 0. The van der Waals surface area contributed by atoms with Gasteiger partial charge >= 0.3 is 5.97 Å². The summed E-state index contributed by atoms with van der Waals surface area (Å²) in [7, 11) is 1.98. The SMILES string of the molecule is Cn1c(-c2ccc([C@@H]3CC34CCN(C(=O)[C@H]3CCCO3)CC4)cc2)cc2ccc(C(=O)O)cc21. The quantitative estimate of drug-likeness (QED) is 0.609. The van der Waals surface area contributed by atoms with Gasteiger partial charge in [0.2, 0.25) is 0 Å². The zero-order chi connectivity index (χ0) is 23.4. The highest BCUT2D eigenvalue weighted by Gasteiger charge is 2.55. The number of carboxylic acids is 1. The lowest BCUT2D eigenvalue weighted by Gasteiger charge is -2.34. The number of carbonyl (C=O) groups excluding carboxylic acids is 1. The maximum absolute atomic E-state index is 12.7. The summed E-state index contributed by atoms with van der Waals surface area (Å²) in [5.41, 5.74) is 5.17. The highest BCUT2D eigenvalue weighted by molar-refractivity contribution is 5.95. The molecule has 1 saturated carbocycles. The third-order valence-corrected chi connectivity index (χ3v) is 8.37. The van der Waals surface area contributed by atoms with Crippen LogP contribution in [0.5, 0.6) is 0 Å². The maximum Gasteiger partial charge on any atom is 0.335 e. The van der Waals surface area contributed by atoms with E-state index in [0.29, 0.717) is 23.5 Å². The molecule has 176 valence electrons. The number of rotatable bonds is 4. The van der Waals surface area contributed by atoms with Crippen LogP contribution in [0.15, 0.2) is 48.5 Å². The summed E-state index contributed by atoms with van der Waals surface area (Å²) in [6.45, 7) is 2.41. The summed E-state index contributed by atoms with van der Waals surface area (Å²) in [4.78, 5) is 26.0. The standard InChI is InChI=1S/C28H30N2O4/c1-29-23(15-20-8-9-21(27(32)33)16-24(20)29)19-6-4-18(5-7-19)22-17-28(22)10-12-30(13-11-28)26(31)25-3-2-14-34-25/h4-9,15-16,22,25H,2-3,10-14,17H2,1H3,(H,32,33)/t22-,25+/m0/s1. The van der Waals surface area contributed by atoms with Crippen LogP contribution in [-0.2, 0) is 16.6 Å². The Morgan fingerprint density at radius 1 is 1.06 bits per heavy atom. The van der Waals surface area contributed by atoms with Crippen LogP contribution in [0.3, 0.4) is 0 Å². The molecular formula is C28H30N2O4. The van der Waals surface area contributed by atoms with Crippen LogP contribution in [0.2, 0.25) is 0 Å². The average Bonchev–Trinajstić information content (AvgIpc) is 3.18. The van der Waals surface area contributed by atoms with Gasteiger partial charge in [-0.2, -0.15) is 0 Å². The third-order valence-electron chi connectivity index (χ3n) is 8.37. The van der Waals surface area contributed by atoms with E-state index < -0.39 is 5.97 Å². The highest BCUT2D eigenvalue weighted by atomic mass is 16.5. The molecule has 2 aliphatic heterocycles. The van der Waals surface area contributed by atoms with Crippen LogP contribution in [0, 0.1) is 5.41 Å². The van der Waals surface area contributed by atoms with Crippen molar-refractivity contribution in [3.8, 4) is 11.3 Å². The Morgan fingerprint density at radius 3 is 2.50 bits per heavy atom. The average molecular weight is 459 g/mol. The van der Waals surface area contributed by atoms with Crippen LogP contribution in [0.25, 0.3) is 22.2 Å². The molecule has 6 nitrogen and oxygen atoms in total. The number of ether oxygens (including phenoxy) is 1. The predicted molar refractivity (Wildman–Crippen MR) is 130 cm³/mol. The zero-order valence-electron chi connectivity index (χ0n) is 19.5. The number of aromatic carboxylic acids is 1. The van der Waals surface area contributed by atoms with E-state index in [4.69, 9.17) is 4.74 Å². The summed E-state index contributed by atoms with van der Waals surface area (Å²) in [5.74, 6) is -0.138. The summed E-state index contributed by atoms with van der Waals surface area (Å²) in [6.07, 6.45) is 5.02. The molecule has 1 amide bonds. The lowest BCUT2D eigenvalue weighted by molar-refractivity contribution is -0.142. The first-order valence-electron chi connectivity index (χ1n) is 12.3. The molecule has 0 unspecified atom stereocenters. The fourth-order valence-electron chi connectivity index (χ4n) is 6.15. The summed E-state index contributed by atoms with van der Waals surface area (Å²) in [6, 6.07) is 16.3. The van der Waals surface area contributed by atoms with Gasteiger partial charge in [0.15, 0.2) is 0 Å². The van der Waals surface area contributed by atoms with Gasteiger partial charge in [0, 0.05) is 43.3 Å². The lowest BCUT2D eigenvalue weighted by Crippen LogP contribution is -2.44. The monoisotopic (exact) mass is 458 g/mol. The molecule has 0 bridgehead atoms. The number of hydrogen-bond acceptors (Lipinski definition) is 3. The zero-order valence-corrected chi connectivity index (χ0v) is 19.5. The number of piperidine rings is 1. The van der Waals surface area contributed by atoms with Gasteiger partial charge < -0.3 is 19.3 Å². The molecule has 1 aromatic heterocycles. The molecule has 3 fully saturated rings. The Balaban J connectivity index is 1.15. The fourth-order valence-corrected chi connectivity index (χ4v) is 6.15. The molecule has 6 rings (SSSR count). The van der Waals surface area contributed by atoms with E-state index in [1.165, 1.54) is 12.0 Å². The Hall–Kier alpha value is -3.12. The molecule has 0 radical (unpaired) electrons. The summed E-state index contributed by atoms with van der Waals surface area (Å²) in [5, 5.41) is 10.3. The second-order valence-corrected chi connectivity index (χ2v) is 10.2. The number of likely N-dealkylation sites (tertiary alicyclic amines) is 1. The van der Waals surface area contributed by atoms with E-state index >= 15 is 0 Å². The lowest BCUT2D eigenvalue weighted by atomic mass is 9.88. The molecule has 1 spiro atoms. The second-order valence-electron chi connectivity index (χ2n) is 10.2. The van der Waals surface area contributed by atoms with Crippen LogP contribution < -0.4 is 0 Å². The van der Waals surface area contributed by atoms with Crippen molar-refractivity contribution in [1.82, 2.24) is 9.47 Å². The Kier molecular flexibility index (Phi) is 5.03. The molecule has 2 atom stereocenters. The second kappa shape index (κ2) is 7.98. The molecule has 34 heavy (non-hydrogen) atoms. The van der Waals surface area contributed by atoms with Gasteiger partial charge in [-0.3, -0.25) is 4.79 Å². The number of nitrogens with zero attached hydrogens (tertiary/aromatic N) is 2. The van der Waals surface area contributed by atoms with Crippen molar-refractivity contribution in [3.63, 3.8) is 0 Å². The molecule has 1 aliphatic carbocycles. The van der Waals surface area contributed by atoms with Crippen LogP contribution in [0.1, 0.15) is 53.9 Å². The van der Waals surface area contributed by atoms with Gasteiger partial charge in [0.1, 0.15) is 6.10 Å². The Labute approximate surface area is 199 Å². The van der Waals surface area contributed by atoms with E-state index in [9.17, 15) is 14.7 Å². The Morgan fingerprint density at radius 2 is 1.82 bits per heavy atom. The number of aromatic nitrogens is 1. The number of amides is 1. The molecular weight excluding hydrogens is 428 g/mol. The van der Waals surface area contributed by atoms with Crippen LogP contribution in [-0.4, -0.2) is 52.3 Å².